The first-order valence-corrected chi connectivity index (χ1v) is 11.6. The SMILES string of the molecule is CC1CC2C3CCC4=CC(=O)C=CC4(C)C3CCC2(C)C1OC(=O)c1cc(CO)co1. The summed E-state index contributed by atoms with van der Waals surface area (Å²) in [5, 5.41) is 9.24. The zero-order chi connectivity index (χ0) is 22.0. The number of allylic oxidation sites excluding steroid dienone is 4. The molecule has 0 radical (unpaired) electrons. The van der Waals surface area contributed by atoms with Gasteiger partial charge in [0.05, 0.1) is 12.9 Å². The molecule has 1 aromatic heterocycles. The Morgan fingerprint density at radius 3 is 2.84 bits per heavy atom. The summed E-state index contributed by atoms with van der Waals surface area (Å²) in [4.78, 5) is 24.7. The quantitative estimate of drug-likeness (QED) is 0.702. The van der Waals surface area contributed by atoms with Gasteiger partial charge in [0.25, 0.3) is 0 Å². The monoisotopic (exact) mass is 424 g/mol. The molecule has 4 aliphatic rings. The summed E-state index contributed by atoms with van der Waals surface area (Å²) < 4.78 is 11.4. The third-order valence-corrected chi connectivity index (χ3v) is 9.06. The van der Waals surface area contributed by atoms with E-state index in [9.17, 15) is 14.7 Å². The molecule has 0 amide bonds. The lowest BCUT2D eigenvalue weighted by atomic mass is 9.48. The van der Waals surface area contributed by atoms with Gasteiger partial charge in [0.15, 0.2) is 5.78 Å². The summed E-state index contributed by atoms with van der Waals surface area (Å²) in [6.07, 6.45) is 12.3. The molecule has 0 spiro atoms. The topological polar surface area (TPSA) is 76.7 Å². The first kappa shape index (κ1) is 20.7. The lowest BCUT2D eigenvalue weighted by Gasteiger charge is -2.56. The molecule has 3 fully saturated rings. The molecule has 7 unspecified atom stereocenters. The van der Waals surface area contributed by atoms with Crippen molar-refractivity contribution >= 4 is 11.8 Å². The molecule has 7 atom stereocenters. The van der Waals surface area contributed by atoms with Gasteiger partial charge in [0, 0.05) is 16.4 Å². The Morgan fingerprint density at radius 2 is 2.10 bits per heavy atom. The van der Waals surface area contributed by atoms with Crippen LogP contribution < -0.4 is 0 Å². The molecule has 5 nitrogen and oxygen atoms in total. The van der Waals surface area contributed by atoms with E-state index in [1.165, 1.54) is 11.8 Å². The highest BCUT2D eigenvalue weighted by Gasteiger charge is 2.61. The third kappa shape index (κ3) is 3.07. The molecule has 5 heteroatoms. The first-order valence-electron chi connectivity index (χ1n) is 11.6. The van der Waals surface area contributed by atoms with Gasteiger partial charge in [-0.3, -0.25) is 4.79 Å². The number of ether oxygens (including phenoxy) is 1. The zero-order valence-corrected chi connectivity index (χ0v) is 18.6. The van der Waals surface area contributed by atoms with Gasteiger partial charge < -0.3 is 14.3 Å². The maximum absolute atomic E-state index is 12.8. The third-order valence-electron chi connectivity index (χ3n) is 9.06. The van der Waals surface area contributed by atoms with Crippen molar-refractivity contribution < 1.29 is 23.8 Å². The van der Waals surface area contributed by atoms with E-state index in [0.29, 0.717) is 23.3 Å². The summed E-state index contributed by atoms with van der Waals surface area (Å²) in [5.74, 6) is 1.76. The van der Waals surface area contributed by atoms with Crippen molar-refractivity contribution in [3.05, 3.63) is 47.5 Å². The number of hydrogen-bond donors (Lipinski definition) is 1. The maximum atomic E-state index is 12.8. The average Bonchev–Trinajstić information content (AvgIpc) is 3.32. The molecule has 0 saturated heterocycles. The molecule has 166 valence electrons. The Labute approximate surface area is 183 Å². The van der Waals surface area contributed by atoms with Gasteiger partial charge in [0.2, 0.25) is 5.76 Å². The zero-order valence-electron chi connectivity index (χ0n) is 18.6. The largest absolute Gasteiger partial charge is 0.457 e. The number of rotatable bonds is 3. The normalized spacial score (nSPS) is 41.2. The molecule has 0 aliphatic heterocycles. The van der Waals surface area contributed by atoms with Crippen molar-refractivity contribution in [3.63, 3.8) is 0 Å². The van der Waals surface area contributed by atoms with E-state index >= 15 is 0 Å². The van der Waals surface area contributed by atoms with Crippen LogP contribution in [0.15, 0.2) is 40.5 Å². The minimum absolute atomic E-state index is 0.0228. The summed E-state index contributed by atoms with van der Waals surface area (Å²) in [6, 6.07) is 1.56. The molecule has 0 bridgehead atoms. The second kappa shape index (κ2) is 7.19. The van der Waals surface area contributed by atoms with Crippen molar-refractivity contribution in [1.29, 1.82) is 0 Å². The van der Waals surface area contributed by atoms with Crippen LogP contribution in [0.4, 0.5) is 0 Å². The van der Waals surface area contributed by atoms with E-state index in [1.807, 2.05) is 6.08 Å². The number of aliphatic hydroxyl groups is 1. The average molecular weight is 425 g/mol. The highest BCUT2D eigenvalue weighted by Crippen LogP contribution is 2.65. The summed E-state index contributed by atoms with van der Waals surface area (Å²) in [6.45, 7) is 6.67. The van der Waals surface area contributed by atoms with Gasteiger partial charge in [-0.15, -0.1) is 0 Å². The van der Waals surface area contributed by atoms with Crippen molar-refractivity contribution in [2.24, 2.45) is 34.5 Å². The Hall–Kier alpha value is -2.14. The highest BCUT2D eigenvalue weighted by molar-refractivity contribution is 6.01. The second-order valence-electron chi connectivity index (χ2n) is 10.7. The van der Waals surface area contributed by atoms with Gasteiger partial charge in [-0.2, -0.15) is 0 Å². The van der Waals surface area contributed by atoms with Crippen LogP contribution in [0.25, 0.3) is 0 Å². The molecular weight excluding hydrogens is 392 g/mol. The predicted molar refractivity (Wildman–Crippen MR) is 115 cm³/mol. The number of carbonyl (C=O) groups excluding carboxylic acids is 2. The number of fused-ring (bicyclic) bond motifs is 5. The molecule has 31 heavy (non-hydrogen) atoms. The van der Waals surface area contributed by atoms with E-state index in [1.54, 1.807) is 12.1 Å². The van der Waals surface area contributed by atoms with E-state index in [4.69, 9.17) is 9.15 Å². The molecule has 3 saturated carbocycles. The molecular formula is C26H32O5. The van der Waals surface area contributed by atoms with Gasteiger partial charge in [-0.1, -0.05) is 32.4 Å². The Bertz CT molecular complexity index is 970. The second-order valence-corrected chi connectivity index (χ2v) is 10.7. The summed E-state index contributed by atoms with van der Waals surface area (Å²) >= 11 is 0. The minimum atomic E-state index is -0.435. The van der Waals surface area contributed by atoms with Gasteiger partial charge in [-0.25, -0.2) is 4.79 Å². The van der Waals surface area contributed by atoms with Gasteiger partial charge in [0.1, 0.15) is 6.10 Å². The van der Waals surface area contributed by atoms with Crippen LogP contribution in [0.1, 0.15) is 69.0 Å². The molecule has 1 heterocycles. The van der Waals surface area contributed by atoms with Gasteiger partial charge in [-0.05, 0) is 74.0 Å². The summed E-state index contributed by atoms with van der Waals surface area (Å²) in [5.41, 5.74) is 1.81. The van der Waals surface area contributed by atoms with Crippen LogP contribution in [0, 0.1) is 34.5 Å². The Morgan fingerprint density at radius 1 is 1.29 bits per heavy atom. The van der Waals surface area contributed by atoms with Crippen molar-refractivity contribution in [1.82, 2.24) is 0 Å². The first-order chi connectivity index (χ1) is 14.8. The van der Waals surface area contributed by atoms with E-state index < -0.39 is 5.97 Å². The van der Waals surface area contributed by atoms with Crippen LogP contribution in [0.2, 0.25) is 0 Å². The van der Waals surface area contributed by atoms with E-state index in [0.717, 1.165) is 32.1 Å². The lowest BCUT2D eigenvalue weighted by molar-refractivity contribution is -0.111. The Kier molecular flexibility index (Phi) is 4.81. The molecule has 5 rings (SSSR count). The van der Waals surface area contributed by atoms with Gasteiger partial charge >= 0.3 is 5.97 Å². The standard InChI is InChI=1S/C26H32O5/c1-15-10-21-19-5-4-17-12-18(28)6-8-25(17,2)20(19)7-9-26(21,3)23(15)31-24(29)22-11-16(13-27)14-30-22/h6,8,11-12,14-15,19-21,23,27H,4-5,7,9-10,13H2,1-3H3. The number of carbonyl (C=O) groups is 2. The van der Waals surface area contributed by atoms with Crippen molar-refractivity contribution in [2.75, 3.05) is 0 Å². The molecule has 1 aromatic rings. The highest BCUT2D eigenvalue weighted by atomic mass is 16.6. The smallest absolute Gasteiger partial charge is 0.374 e. The number of hydrogen-bond acceptors (Lipinski definition) is 5. The fraction of sp³-hybridized carbons (Fsp3) is 0.615. The van der Waals surface area contributed by atoms with Crippen LogP contribution in [-0.4, -0.2) is 23.0 Å². The van der Waals surface area contributed by atoms with Crippen molar-refractivity contribution in [3.8, 4) is 0 Å². The minimum Gasteiger partial charge on any atom is -0.457 e. The van der Waals surface area contributed by atoms with E-state index in [2.05, 4.69) is 26.8 Å². The van der Waals surface area contributed by atoms with Crippen LogP contribution in [-0.2, 0) is 16.1 Å². The summed E-state index contributed by atoms with van der Waals surface area (Å²) in [7, 11) is 0. The van der Waals surface area contributed by atoms with Crippen LogP contribution in [0.3, 0.4) is 0 Å². The number of aliphatic hydroxyl groups excluding tert-OH is 1. The lowest BCUT2D eigenvalue weighted by Crippen LogP contribution is -2.51. The van der Waals surface area contributed by atoms with Crippen LogP contribution in [0.5, 0.6) is 0 Å². The molecule has 1 N–H and O–H groups in total. The molecule has 0 aromatic carbocycles. The Balaban J connectivity index is 1.39. The van der Waals surface area contributed by atoms with Crippen molar-refractivity contribution in [2.45, 2.75) is 65.6 Å². The fourth-order valence-electron chi connectivity index (χ4n) is 7.51. The fourth-order valence-corrected chi connectivity index (χ4v) is 7.51. The maximum Gasteiger partial charge on any atom is 0.374 e. The predicted octanol–water partition coefficient (Wildman–Crippen LogP) is 4.85. The number of esters is 1. The molecule has 4 aliphatic carbocycles. The van der Waals surface area contributed by atoms with Crippen LogP contribution >= 0.6 is 0 Å². The number of furan rings is 1. The number of ketones is 1. The van der Waals surface area contributed by atoms with E-state index in [-0.39, 0.29) is 41.0 Å².